The Labute approximate surface area is 102 Å². The van der Waals surface area contributed by atoms with E-state index in [1.165, 1.54) is 0 Å². The van der Waals surface area contributed by atoms with Gasteiger partial charge in [0.05, 0.1) is 6.61 Å². The Morgan fingerprint density at radius 1 is 1.44 bits per heavy atom. The summed E-state index contributed by atoms with van der Waals surface area (Å²) < 4.78 is 5.34. The second-order valence-electron chi connectivity index (χ2n) is 4.24. The molecule has 0 saturated carbocycles. The summed E-state index contributed by atoms with van der Waals surface area (Å²) in [5.41, 5.74) is -0.0560. The largest absolute Gasteiger partial charge is 0.478 e. The van der Waals surface area contributed by atoms with E-state index in [0.29, 0.717) is 18.4 Å². The zero-order valence-electron chi connectivity index (χ0n) is 10.1. The lowest BCUT2D eigenvalue weighted by Gasteiger charge is -2.26. The molecule has 0 aliphatic carbocycles. The molecular weight excluding hydrogens is 224 g/mol. The lowest BCUT2D eigenvalue weighted by atomic mass is 10.0. The number of alkyl halides is 1. The molecule has 0 unspecified atom stereocenters. The first-order valence-electron chi connectivity index (χ1n) is 5.51. The summed E-state index contributed by atoms with van der Waals surface area (Å²) in [6.07, 6.45) is 0.884. The third-order valence-corrected chi connectivity index (χ3v) is 2.39. The van der Waals surface area contributed by atoms with Gasteiger partial charge >= 0.3 is 0 Å². The molecule has 3 nitrogen and oxygen atoms in total. The number of rotatable bonds is 6. The summed E-state index contributed by atoms with van der Waals surface area (Å²) in [4.78, 5) is 4.35. The van der Waals surface area contributed by atoms with E-state index in [0.717, 1.165) is 12.2 Å². The number of aromatic nitrogens is 1. The highest BCUT2D eigenvalue weighted by Crippen LogP contribution is 2.19. The predicted octanol–water partition coefficient (Wildman–Crippen LogP) is 3.30. The van der Waals surface area contributed by atoms with E-state index < -0.39 is 0 Å². The normalized spacial score (nSPS) is 11.2. The first kappa shape index (κ1) is 13.1. The molecule has 4 heteroatoms. The van der Waals surface area contributed by atoms with Gasteiger partial charge in [-0.15, -0.1) is 11.6 Å². The molecule has 1 N–H and O–H groups in total. The molecule has 0 saturated heterocycles. The number of halogens is 1. The van der Waals surface area contributed by atoms with Gasteiger partial charge in [-0.2, -0.15) is 4.98 Å². The van der Waals surface area contributed by atoms with E-state index in [9.17, 15) is 0 Å². The molecule has 0 bridgehead atoms. The lowest BCUT2D eigenvalue weighted by molar-refractivity contribution is 0.327. The van der Waals surface area contributed by atoms with Crippen LogP contribution in [-0.2, 0) is 0 Å². The van der Waals surface area contributed by atoms with Crippen molar-refractivity contribution < 1.29 is 4.74 Å². The number of nitrogens with zero attached hydrogens (tertiary/aromatic N) is 1. The average Bonchev–Trinajstić information content (AvgIpc) is 2.17. The molecule has 0 radical (unpaired) electrons. The topological polar surface area (TPSA) is 34.1 Å². The van der Waals surface area contributed by atoms with Crippen LogP contribution in [0.2, 0.25) is 0 Å². The highest BCUT2D eigenvalue weighted by atomic mass is 35.5. The maximum absolute atomic E-state index is 5.75. The Hall–Kier alpha value is -0.960. The average molecular weight is 243 g/mol. The summed E-state index contributed by atoms with van der Waals surface area (Å²) in [6, 6.07) is 5.71. The van der Waals surface area contributed by atoms with Crippen LogP contribution < -0.4 is 10.1 Å². The second-order valence-corrected chi connectivity index (χ2v) is 4.62. The summed E-state index contributed by atoms with van der Waals surface area (Å²) in [5, 5.41) is 3.34. The Morgan fingerprint density at radius 3 is 2.81 bits per heavy atom. The van der Waals surface area contributed by atoms with Crippen LogP contribution in [0.1, 0.15) is 27.2 Å². The number of hydrogen-bond acceptors (Lipinski definition) is 3. The first-order chi connectivity index (χ1) is 7.57. The van der Waals surface area contributed by atoms with Crippen molar-refractivity contribution in [1.29, 1.82) is 0 Å². The fourth-order valence-electron chi connectivity index (χ4n) is 1.36. The van der Waals surface area contributed by atoms with Crippen molar-refractivity contribution in [1.82, 2.24) is 4.98 Å². The van der Waals surface area contributed by atoms with Gasteiger partial charge in [0.1, 0.15) is 5.82 Å². The van der Waals surface area contributed by atoms with Crippen LogP contribution in [0.5, 0.6) is 5.88 Å². The highest BCUT2D eigenvalue weighted by molar-refractivity contribution is 6.17. The molecule has 1 aromatic heterocycles. The molecule has 0 spiro atoms. The van der Waals surface area contributed by atoms with Crippen LogP contribution >= 0.6 is 11.6 Å². The van der Waals surface area contributed by atoms with Crippen molar-refractivity contribution in [3.8, 4) is 5.88 Å². The molecule has 0 aliphatic rings. The first-order valence-corrected chi connectivity index (χ1v) is 6.05. The van der Waals surface area contributed by atoms with Crippen molar-refractivity contribution in [2.24, 2.45) is 0 Å². The molecule has 1 heterocycles. The van der Waals surface area contributed by atoms with Gasteiger partial charge in [-0.25, -0.2) is 0 Å². The third-order valence-electron chi connectivity index (χ3n) is 2.20. The van der Waals surface area contributed by atoms with Gasteiger partial charge in [0.2, 0.25) is 5.88 Å². The summed E-state index contributed by atoms with van der Waals surface area (Å²) in [5.74, 6) is 2.10. The number of nitrogens with one attached hydrogen (secondary N) is 1. The van der Waals surface area contributed by atoms with E-state index in [2.05, 4.69) is 24.1 Å². The number of anilines is 1. The van der Waals surface area contributed by atoms with Gasteiger partial charge in [0.15, 0.2) is 0 Å². The minimum absolute atomic E-state index is 0.0560. The van der Waals surface area contributed by atoms with Crippen LogP contribution in [0.4, 0.5) is 5.82 Å². The SMILES string of the molecule is CCOc1cccc(NC(C)(C)CCCl)n1. The lowest BCUT2D eigenvalue weighted by Crippen LogP contribution is -2.31. The van der Waals surface area contributed by atoms with Crippen LogP contribution in [0, 0.1) is 0 Å². The van der Waals surface area contributed by atoms with Crippen LogP contribution in [0.3, 0.4) is 0 Å². The van der Waals surface area contributed by atoms with Crippen LogP contribution in [0.15, 0.2) is 18.2 Å². The molecule has 16 heavy (non-hydrogen) atoms. The molecule has 1 aromatic rings. The molecular formula is C12H19ClN2O. The summed E-state index contributed by atoms with van der Waals surface area (Å²) in [7, 11) is 0. The second kappa shape index (κ2) is 5.94. The zero-order valence-corrected chi connectivity index (χ0v) is 10.8. The van der Waals surface area contributed by atoms with Crippen molar-refractivity contribution in [2.75, 3.05) is 17.8 Å². The predicted molar refractivity (Wildman–Crippen MR) is 68.4 cm³/mol. The Kier molecular flexibility index (Phi) is 4.87. The maximum atomic E-state index is 5.75. The summed E-state index contributed by atoms with van der Waals surface area (Å²) >= 11 is 5.75. The van der Waals surface area contributed by atoms with Gasteiger partial charge in [-0.3, -0.25) is 0 Å². The van der Waals surface area contributed by atoms with Gasteiger partial charge in [-0.1, -0.05) is 6.07 Å². The van der Waals surface area contributed by atoms with E-state index in [1.807, 2.05) is 25.1 Å². The maximum Gasteiger partial charge on any atom is 0.215 e. The van der Waals surface area contributed by atoms with Crippen LogP contribution in [-0.4, -0.2) is 23.0 Å². The molecule has 0 amide bonds. The molecule has 0 aromatic carbocycles. The number of pyridine rings is 1. The van der Waals surface area contributed by atoms with Crippen molar-refractivity contribution in [3.05, 3.63) is 18.2 Å². The van der Waals surface area contributed by atoms with Crippen LogP contribution in [0.25, 0.3) is 0 Å². The fourth-order valence-corrected chi connectivity index (χ4v) is 1.83. The Balaban J connectivity index is 2.69. The molecule has 0 aliphatic heterocycles. The van der Waals surface area contributed by atoms with Crippen molar-refractivity contribution in [3.63, 3.8) is 0 Å². The quantitative estimate of drug-likeness (QED) is 0.778. The molecule has 0 atom stereocenters. The monoisotopic (exact) mass is 242 g/mol. The Bertz CT molecular complexity index is 329. The van der Waals surface area contributed by atoms with E-state index in [1.54, 1.807) is 0 Å². The summed E-state index contributed by atoms with van der Waals surface area (Å²) in [6.45, 7) is 6.77. The van der Waals surface area contributed by atoms with Gasteiger partial charge < -0.3 is 10.1 Å². The van der Waals surface area contributed by atoms with Crippen molar-refractivity contribution >= 4 is 17.4 Å². The zero-order chi connectivity index (χ0) is 12.0. The van der Waals surface area contributed by atoms with Gasteiger partial charge in [0, 0.05) is 17.5 Å². The van der Waals surface area contributed by atoms with E-state index in [4.69, 9.17) is 16.3 Å². The molecule has 90 valence electrons. The fraction of sp³-hybridized carbons (Fsp3) is 0.583. The minimum atomic E-state index is -0.0560. The third kappa shape index (κ3) is 4.27. The van der Waals surface area contributed by atoms with Gasteiger partial charge in [0.25, 0.3) is 0 Å². The van der Waals surface area contributed by atoms with E-state index >= 15 is 0 Å². The van der Waals surface area contributed by atoms with Crippen molar-refractivity contribution in [2.45, 2.75) is 32.7 Å². The standard InChI is InChI=1S/C12H19ClN2O/c1-4-16-11-7-5-6-10(14-11)15-12(2,3)8-9-13/h5-7H,4,8-9H2,1-3H3,(H,14,15). The number of ether oxygens (including phenoxy) is 1. The molecule has 0 fully saturated rings. The van der Waals surface area contributed by atoms with E-state index in [-0.39, 0.29) is 5.54 Å². The Morgan fingerprint density at radius 2 is 2.19 bits per heavy atom. The van der Waals surface area contributed by atoms with Gasteiger partial charge in [-0.05, 0) is 33.3 Å². The number of hydrogen-bond donors (Lipinski definition) is 1. The highest BCUT2D eigenvalue weighted by Gasteiger charge is 2.17. The minimum Gasteiger partial charge on any atom is -0.478 e. The molecule has 1 rings (SSSR count). The smallest absolute Gasteiger partial charge is 0.215 e.